The summed E-state index contributed by atoms with van der Waals surface area (Å²) in [7, 11) is 4.05. The Kier molecular flexibility index (Phi) is 4.65. The second kappa shape index (κ2) is 6.45. The van der Waals surface area contributed by atoms with Crippen molar-refractivity contribution in [3.8, 4) is 11.5 Å². The highest BCUT2D eigenvalue weighted by Gasteiger charge is 2.08. The van der Waals surface area contributed by atoms with Crippen LogP contribution in [-0.2, 0) is 12.8 Å². The molecule has 0 fully saturated rings. The van der Waals surface area contributed by atoms with Gasteiger partial charge in [-0.3, -0.25) is 0 Å². The summed E-state index contributed by atoms with van der Waals surface area (Å²) in [6, 6.07) is 8.08. The Balaban J connectivity index is 2.05. The molecule has 0 unspecified atom stereocenters. The Hall–Kier alpha value is -1.72. The normalized spacial score (nSPS) is 11.2. The molecule has 0 radical (unpaired) electrons. The van der Waals surface area contributed by atoms with Crippen molar-refractivity contribution in [1.29, 1.82) is 0 Å². The Bertz CT molecular complexity index is 504. The Morgan fingerprint density at radius 3 is 2.53 bits per heavy atom. The van der Waals surface area contributed by atoms with E-state index in [1.165, 1.54) is 5.56 Å². The summed E-state index contributed by atoms with van der Waals surface area (Å²) in [6.07, 6.45) is 1.68. The third-order valence-electron chi connectivity index (χ3n) is 2.88. The van der Waals surface area contributed by atoms with Crippen molar-refractivity contribution in [2.45, 2.75) is 12.8 Å². The number of nitrogens with zero attached hydrogens (tertiary/aromatic N) is 3. The van der Waals surface area contributed by atoms with Crippen LogP contribution >= 0.6 is 0 Å². The molecule has 2 aromatic rings. The standard InChI is InChI=1S/C14H20N4O/c1-18(2)10-8-13-16-14(19-17-13)12-5-3-11(4-6-12)7-9-15/h3-6H,7-10,15H2,1-2H3. The topological polar surface area (TPSA) is 68.2 Å². The average Bonchev–Trinajstić information content (AvgIpc) is 2.86. The molecule has 0 aliphatic carbocycles. The Morgan fingerprint density at radius 2 is 1.89 bits per heavy atom. The van der Waals surface area contributed by atoms with Crippen molar-refractivity contribution in [3.05, 3.63) is 35.7 Å². The summed E-state index contributed by atoms with van der Waals surface area (Å²) in [5, 5.41) is 3.99. The van der Waals surface area contributed by atoms with Gasteiger partial charge in [-0.2, -0.15) is 4.98 Å². The zero-order valence-corrected chi connectivity index (χ0v) is 11.5. The lowest BCUT2D eigenvalue weighted by molar-refractivity contribution is 0.392. The van der Waals surface area contributed by atoms with Crippen LogP contribution in [0.4, 0.5) is 0 Å². The quantitative estimate of drug-likeness (QED) is 0.849. The maximum absolute atomic E-state index is 5.53. The van der Waals surface area contributed by atoms with Crippen LogP contribution in [0.3, 0.4) is 0 Å². The number of hydrogen-bond acceptors (Lipinski definition) is 5. The molecule has 5 nitrogen and oxygen atoms in total. The van der Waals surface area contributed by atoms with Crippen LogP contribution in [0, 0.1) is 0 Å². The summed E-state index contributed by atoms with van der Waals surface area (Å²) in [5.74, 6) is 1.32. The lowest BCUT2D eigenvalue weighted by Crippen LogP contribution is -2.15. The van der Waals surface area contributed by atoms with E-state index >= 15 is 0 Å². The number of aromatic nitrogens is 2. The zero-order valence-electron chi connectivity index (χ0n) is 11.5. The number of likely N-dealkylation sites (N-methyl/N-ethyl adjacent to an activating group) is 1. The first kappa shape index (κ1) is 13.7. The molecule has 102 valence electrons. The molecule has 1 aromatic heterocycles. The molecule has 0 saturated heterocycles. The maximum Gasteiger partial charge on any atom is 0.257 e. The van der Waals surface area contributed by atoms with Gasteiger partial charge in [0.25, 0.3) is 5.89 Å². The predicted molar refractivity (Wildman–Crippen MR) is 74.8 cm³/mol. The first-order valence-electron chi connectivity index (χ1n) is 6.45. The van der Waals surface area contributed by atoms with E-state index in [1.807, 2.05) is 38.4 Å². The highest BCUT2D eigenvalue weighted by atomic mass is 16.5. The average molecular weight is 260 g/mol. The second-order valence-corrected chi connectivity index (χ2v) is 4.80. The van der Waals surface area contributed by atoms with Gasteiger partial charge in [-0.25, -0.2) is 0 Å². The SMILES string of the molecule is CN(C)CCc1noc(-c2ccc(CCN)cc2)n1. The van der Waals surface area contributed by atoms with Crippen molar-refractivity contribution in [2.24, 2.45) is 5.73 Å². The van der Waals surface area contributed by atoms with Crippen LogP contribution < -0.4 is 5.73 Å². The minimum atomic E-state index is 0.577. The van der Waals surface area contributed by atoms with Gasteiger partial charge in [0.05, 0.1) is 0 Å². The van der Waals surface area contributed by atoms with E-state index in [2.05, 4.69) is 15.0 Å². The summed E-state index contributed by atoms with van der Waals surface area (Å²) < 4.78 is 5.28. The van der Waals surface area contributed by atoms with Crippen LogP contribution in [0.5, 0.6) is 0 Å². The molecule has 0 saturated carbocycles. The molecular weight excluding hydrogens is 240 g/mol. The van der Waals surface area contributed by atoms with Crippen LogP contribution in [-0.4, -0.2) is 42.2 Å². The minimum Gasteiger partial charge on any atom is -0.334 e. The summed E-state index contributed by atoms with van der Waals surface area (Å²) in [5.41, 5.74) is 7.70. The van der Waals surface area contributed by atoms with Crippen LogP contribution in [0.2, 0.25) is 0 Å². The third-order valence-corrected chi connectivity index (χ3v) is 2.88. The Labute approximate surface area is 113 Å². The lowest BCUT2D eigenvalue weighted by Gasteiger charge is -2.05. The molecule has 5 heteroatoms. The molecule has 0 amide bonds. The third kappa shape index (κ3) is 3.87. The molecule has 0 bridgehead atoms. The zero-order chi connectivity index (χ0) is 13.7. The summed E-state index contributed by atoms with van der Waals surface area (Å²) in [6.45, 7) is 1.57. The molecule has 2 N–H and O–H groups in total. The van der Waals surface area contributed by atoms with Crippen molar-refractivity contribution in [2.75, 3.05) is 27.2 Å². The van der Waals surface area contributed by atoms with Crippen molar-refractivity contribution >= 4 is 0 Å². The smallest absolute Gasteiger partial charge is 0.257 e. The fourth-order valence-corrected chi connectivity index (χ4v) is 1.78. The van der Waals surface area contributed by atoms with Gasteiger partial charge in [-0.05, 0) is 44.8 Å². The fraction of sp³-hybridized carbons (Fsp3) is 0.429. The molecule has 0 aliphatic heterocycles. The molecule has 1 heterocycles. The van der Waals surface area contributed by atoms with Gasteiger partial charge in [0.15, 0.2) is 5.82 Å². The van der Waals surface area contributed by atoms with E-state index in [4.69, 9.17) is 10.3 Å². The molecule has 2 rings (SSSR count). The van der Waals surface area contributed by atoms with Crippen molar-refractivity contribution < 1.29 is 4.52 Å². The van der Waals surface area contributed by atoms with Gasteiger partial charge >= 0.3 is 0 Å². The monoisotopic (exact) mass is 260 g/mol. The number of nitrogens with two attached hydrogens (primary N) is 1. The first-order chi connectivity index (χ1) is 9.19. The van der Waals surface area contributed by atoms with E-state index in [-0.39, 0.29) is 0 Å². The second-order valence-electron chi connectivity index (χ2n) is 4.80. The van der Waals surface area contributed by atoms with Gasteiger partial charge in [-0.15, -0.1) is 0 Å². The van der Waals surface area contributed by atoms with Crippen molar-refractivity contribution in [3.63, 3.8) is 0 Å². The molecular formula is C14H20N4O. The van der Waals surface area contributed by atoms with Crippen LogP contribution in [0.25, 0.3) is 11.5 Å². The molecule has 1 aromatic carbocycles. The van der Waals surface area contributed by atoms with Crippen LogP contribution in [0.15, 0.2) is 28.8 Å². The number of hydrogen-bond donors (Lipinski definition) is 1. The fourth-order valence-electron chi connectivity index (χ4n) is 1.78. The van der Waals surface area contributed by atoms with Gasteiger partial charge < -0.3 is 15.2 Å². The van der Waals surface area contributed by atoms with E-state index in [0.717, 1.165) is 30.8 Å². The summed E-state index contributed by atoms with van der Waals surface area (Å²) in [4.78, 5) is 6.49. The first-order valence-corrected chi connectivity index (χ1v) is 6.45. The highest BCUT2D eigenvalue weighted by Crippen LogP contribution is 2.18. The number of rotatable bonds is 6. The summed E-state index contributed by atoms with van der Waals surface area (Å²) >= 11 is 0. The molecule has 19 heavy (non-hydrogen) atoms. The predicted octanol–water partition coefficient (Wildman–Crippen LogP) is 1.34. The van der Waals surface area contributed by atoms with E-state index in [9.17, 15) is 0 Å². The van der Waals surface area contributed by atoms with E-state index in [0.29, 0.717) is 12.4 Å². The van der Waals surface area contributed by atoms with Gasteiger partial charge in [0.2, 0.25) is 0 Å². The van der Waals surface area contributed by atoms with E-state index in [1.54, 1.807) is 0 Å². The largest absolute Gasteiger partial charge is 0.334 e. The highest BCUT2D eigenvalue weighted by molar-refractivity contribution is 5.53. The van der Waals surface area contributed by atoms with E-state index < -0.39 is 0 Å². The molecule has 0 spiro atoms. The van der Waals surface area contributed by atoms with Gasteiger partial charge in [-0.1, -0.05) is 17.3 Å². The van der Waals surface area contributed by atoms with Gasteiger partial charge in [0.1, 0.15) is 0 Å². The molecule has 0 aliphatic rings. The van der Waals surface area contributed by atoms with Crippen molar-refractivity contribution in [1.82, 2.24) is 15.0 Å². The van der Waals surface area contributed by atoms with Gasteiger partial charge in [0, 0.05) is 18.5 Å². The van der Waals surface area contributed by atoms with Crippen LogP contribution in [0.1, 0.15) is 11.4 Å². The Morgan fingerprint density at radius 1 is 1.16 bits per heavy atom. The maximum atomic E-state index is 5.53. The number of benzene rings is 1. The minimum absolute atomic E-state index is 0.577. The lowest BCUT2D eigenvalue weighted by atomic mass is 10.1. The molecule has 0 atom stereocenters.